The average Bonchev–Trinajstić information content (AvgIpc) is 3.46. The molecule has 0 aliphatic carbocycles. The van der Waals surface area contributed by atoms with Crippen molar-refractivity contribution in [1.29, 1.82) is 0 Å². The molecule has 1 heteroatoms. The van der Waals surface area contributed by atoms with E-state index in [4.69, 9.17) is 0 Å². The number of aromatic nitrogens is 1. The highest BCUT2D eigenvalue weighted by atomic mass is 15.0. The van der Waals surface area contributed by atoms with Crippen LogP contribution in [0.4, 0.5) is 0 Å². The number of rotatable bonds is 4. The van der Waals surface area contributed by atoms with Gasteiger partial charge in [0.2, 0.25) is 0 Å². The van der Waals surface area contributed by atoms with E-state index in [9.17, 15) is 0 Å². The summed E-state index contributed by atoms with van der Waals surface area (Å²) in [5, 5.41) is 7.60. The Hall–Kier alpha value is -5.92. The van der Waals surface area contributed by atoms with Crippen LogP contribution in [0.1, 0.15) is 0 Å². The van der Waals surface area contributed by atoms with E-state index in [1.807, 2.05) is 0 Å². The van der Waals surface area contributed by atoms with Crippen LogP contribution in [0.15, 0.2) is 176 Å². The van der Waals surface area contributed by atoms with Gasteiger partial charge in [-0.2, -0.15) is 0 Å². The highest BCUT2D eigenvalue weighted by molar-refractivity contribution is 6.21. The molecule has 0 radical (unpaired) electrons. The minimum Gasteiger partial charge on any atom is -0.309 e. The fraction of sp³-hybridized carbons (Fsp3) is 0. The molecule has 0 amide bonds. The van der Waals surface area contributed by atoms with Gasteiger partial charge in [-0.15, -0.1) is 0 Å². The van der Waals surface area contributed by atoms with Gasteiger partial charge in [-0.3, -0.25) is 0 Å². The molecule has 0 fully saturated rings. The van der Waals surface area contributed by atoms with E-state index in [1.54, 1.807) is 0 Å². The Morgan fingerprint density at radius 2 is 0.800 bits per heavy atom. The molecule has 0 saturated carbocycles. The molecule has 9 rings (SSSR count). The average molecular weight is 572 g/mol. The van der Waals surface area contributed by atoms with Crippen molar-refractivity contribution in [2.24, 2.45) is 0 Å². The molecule has 210 valence electrons. The van der Waals surface area contributed by atoms with Crippen LogP contribution < -0.4 is 0 Å². The summed E-state index contributed by atoms with van der Waals surface area (Å²) in [4.78, 5) is 0. The topological polar surface area (TPSA) is 4.93 Å². The normalized spacial score (nSPS) is 11.6. The third-order valence-electron chi connectivity index (χ3n) is 9.17. The molecular formula is C44H29N. The number of benzene rings is 8. The fourth-order valence-corrected chi connectivity index (χ4v) is 6.92. The minimum atomic E-state index is 1.17. The number of para-hydroxylation sites is 1. The summed E-state index contributed by atoms with van der Waals surface area (Å²) in [6.07, 6.45) is 0. The predicted molar refractivity (Wildman–Crippen MR) is 192 cm³/mol. The molecule has 1 aromatic heterocycles. The first-order valence-electron chi connectivity index (χ1n) is 15.5. The summed E-state index contributed by atoms with van der Waals surface area (Å²) >= 11 is 0. The third-order valence-corrected chi connectivity index (χ3v) is 9.17. The molecule has 8 aromatic carbocycles. The van der Waals surface area contributed by atoms with Crippen LogP contribution in [0.3, 0.4) is 0 Å². The molecule has 0 N–H and O–H groups in total. The van der Waals surface area contributed by atoms with Crippen molar-refractivity contribution in [2.45, 2.75) is 0 Å². The van der Waals surface area contributed by atoms with Crippen LogP contribution >= 0.6 is 0 Å². The minimum absolute atomic E-state index is 1.17. The fourth-order valence-electron chi connectivity index (χ4n) is 6.92. The van der Waals surface area contributed by atoms with Gasteiger partial charge in [0.15, 0.2) is 0 Å². The van der Waals surface area contributed by atoms with Gasteiger partial charge in [-0.25, -0.2) is 0 Å². The van der Waals surface area contributed by atoms with Crippen molar-refractivity contribution in [1.82, 2.24) is 4.57 Å². The molecule has 1 nitrogen and oxygen atoms in total. The summed E-state index contributed by atoms with van der Waals surface area (Å²) in [5.74, 6) is 0. The summed E-state index contributed by atoms with van der Waals surface area (Å²) in [5.41, 5.74) is 11.0. The second kappa shape index (κ2) is 10.4. The maximum atomic E-state index is 2.41. The Labute approximate surface area is 262 Å². The monoisotopic (exact) mass is 571 g/mol. The lowest BCUT2D eigenvalue weighted by atomic mass is 9.95. The second-order valence-corrected chi connectivity index (χ2v) is 11.8. The quantitative estimate of drug-likeness (QED) is 0.198. The van der Waals surface area contributed by atoms with Crippen molar-refractivity contribution in [3.8, 4) is 39.1 Å². The van der Waals surface area contributed by atoms with Crippen molar-refractivity contribution in [3.63, 3.8) is 0 Å². The van der Waals surface area contributed by atoms with Gasteiger partial charge < -0.3 is 4.57 Å². The van der Waals surface area contributed by atoms with E-state index in [1.165, 1.54) is 82.4 Å². The molecule has 1 heterocycles. The zero-order valence-corrected chi connectivity index (χ0v) is 24.7. The molecular weight excluding hydrogens is 542 g/mol. The lowest BCUT2D eigenvalue weighted by Gasteiger charge is -2.11. The highest BCUT2D eigenvalue weighted by Gasteiger charge is 2.15. The molecule has 9 aromatic rings. The second-order valence-electron chi connectivity index (χ2n) is 11.8. The van der Waals surface area contributed by atoms with E-state index in [-0.39, 0.29) is 0 Å². The highest BCUT2D eigenvalue weighted by Crippen LogP contribution is 2.39. The molecule has 45 heavy (non-hydrogen) atoms. The number of hydrogen-bond donors (Lipinski definition) is 0. The maximum absolute atomic E-state index is 2.41. The van der Waals surface area contributed by atoms with Crippen LogP contribution in [-0.2, 0) is 0 Å². The van der Waals surface area contributed by atoms with Crippen molar-refractivity contribution in [3.05, 3.63) is 176 Å². The first-order chi connectivity index (χ1) is 22.3. The number of nitrogens with zero attached hydrogens (tertiary/aromatic N) is 1. The molecule has 0 bridgehead atoms. The summed E-state index contributed by atoms with van der Waals surface area (Å²) in [7, 11) is 0. The maximum Gasteiger partial charge on any atom is 0.0547 e. The lowest BCUT2D eigenvalue weighted by molar-refractivity contribution is 1.18. The van der Waals surface area contributed by atoms with Crippen molar-refractivity contribution in [2.75, 3.05) is 0 Å². The zero-order valence-electron chi connectivity index (χ0n) is 24.7. The molecule has 0 aliphatic rings. The Morgan fingerprint density at radius 1 is 0.289 bits per heavy atom. The van der Waals surface area contributed by atoms with E-state index in [2.05, 4.69) is 180 Å². The Kier molecular flexibility index (Phi) is 5.89. The van der Waals surface area contributed by atoms with Gasteiger partial charge in [0.05, 0.1) is 11.0 Å². The Balaban J connectivity index is 1.20. The van der Waals surface area contributed by atoms with Gasteiger partial charge in [0.25, 0.3) is 0 Å². The van der Waals surface area contributed by atoms with Crippen LogP contribution in [0.2, 0.25) is 0 Å². The zero-order chi connectivity index (χ0) is 29.7. The summed E-state index contributed by atoms with van der Waals surface area (Å²) in [6.45, 7) is 0. The summed E-state index contributed by atoms with van der Waals surface area (Å²) in [6, 6.07) is 64.0. The lowest BCUT2D eigenvalue weighted by Crippen LogP contribution is -1.93. The number of hydrogen-bond acceptors (Lipinski definition) is 0. The van der Waals surface area contributed by atoms with E-state index < -0.39 is 0 Å². The van der Waals surface area contributed by atoms with Crippen molar-refractivity contribution < 1.29 is 0 Å². The van der Waals surface area contributed by atoms with Gasteiger partial charge >= 0.3 is 0 Å². The van der Waals surface area contributed by atoms with Gasteiger partial charge in [0, 0.05) is 16.5 Å². The first kappa shape index (κ1) is 25.6. The molecule has 0 spiro atoms. The van der Waals surface area contributed by atoms with Gasteiger partial charge in [0.1, 0.15) is 0 Å². The van der Waals surface area contributed by atoms with E-state index in [0.717, 1.165) is 0 Å². The Morgan fingerprint density at radius 3 is 1.51 bits per heavy atom. The van der Waals surface area contributed by atoms with Gasteiger partial charge in [-0.1, -0.05) is 133 Å². The van der Waals surface area contributed by atoms with E-state index in [0.29, 0.717) is 0 Å². The van der Waals surface area contributed by atoms with Crippen LogP contribution in [0, 0.1) is 0 Å². The molecule has 0 atom stereocenters. The van der Waals surface area contributed by atoms with Crippen LogP contribution in [0.25, 0.3) is 82.4 Å². The smallest absolute Gasteiger partial charge is 0.0547 e. The third kappa shape index (κ3) is 4.32. The Bertz CT molecular complexity index is 2500. The molecule has 0 aliphatic heterocycles. The molecule has 0 unspecified atom stereocenters. The first-order valence-corrected chi connectivity index (χ1v) is 15.5. The predicted octanol–water partition coefficient (Wildman–Crippen LogP) is 12.1. The van der Waals surface area contributed by atoms with Crippen LogP contribution in [-0.4, -0.2) is 4.57 Å². The molecule has 0 saturated heterocycles. The van der Waals surface area contributed by atoms with Gasteiger partial charge in [-0.05, 0) is 97.4 Å². The standard InChI is InChI=1S/C44H29N/c1-3-9-30(10-4-1)32-21-24-39(25-22-32)45-42-14-8-7-13-40(42)44-41-29-37(20-17-34(41)23-26-43(44)45)36-19-16-33-15-18-35(27-38(33)28-36)31-11-5-2-6-12-31/h1-29H. The summed E-state index contributed by atoms with van der Waals surface area (Å²) < 4.78 is 2.41. The van der Waals surface area contributed by atoms with E-state index >= 15 is 0 Å². The number of fused-ring (bicyclic) bond motifs is 6. The van der Waals surface area contributed by atoms with Crippen molar-refractivity contribution >= 4 is 43.4 Å². The largest absolute Gasteiger partial charge is 0.309 e. The SMILES string of the molecule is c1ccc(-c2ccc(-n3c4ccccc4c4c5cc(-c6ccc7ccc(-c8ccccc8)cc7c6)ccc5ccc43)cc2)cc1. The van der Waals surface area contributed by atoms with Crippen LogP contribution in [0.5, 0.6) is 0 Å².